The highest BCUT2D eigenvalue weighted by atomic mass is 35.5. The Bertz CT molecular complexity index is 1490. The van der Waals surface area contributed by atoms with Gasteiger partial charge in [-0.1, -0.05) is 17.7 Å². The van der Waals surface area contributed by atoms with Gasteiger partial charge in [-0.15, -0.1) is 0 Å². The van der Waals surface area contributed by atoms with Crippen LogP contribution in [0.4, 0.5) is 5.82 Å². The first-order valence-electron chi connectivity index (χ1n) is 9.98. The smallest absolute Gasteiger partial charge is 0.282 e. The second-order valence-electron chi connectivity index (χ2n) is 7.47. The van der Waals surface area contributed by atoms with E-state index in [9.17, 15) is 4.79 Å². The Morgan fingerprint density at radius 1 is 1.12 bits per heavy atom. The van der Waals surface area contributed by atoms with Gasteiger partial charge in [0.25, 0.3) is 5.56 Å². The number of hydrogen-bond acceptors (Lipinski definition) is 6. The van der Waals surface area contributed by atoms with Crippen molar-refractivity contribution in [3.63, 3.8) is 0 Å². The van der Waals surface area contributed by atoms with E-state index in [0.29, 0.717) is 27.7 Å². The third kappa shape index (κ3) is 3.14. The molecule has 162 valence electrons. The van der Waals surface area contributed by atoms with Crippen LogP contribution in [0.2, 0.25) is 5.02 Å². The molecule has 1 N–H and O–H groups in total. The summed E-state index contributed by atoms with van der Waals surface area (Å²) >= 11 is 6.25. The van der Waals surface area contributed by atoms with Crippen LogP contribution in [-0.2, 0) is 0 Å². The lowest BCUT2D eigenvalue weighted by atomic mass is 10.2. The average Bonchev–Trinajstić information content (AvgIpc) is 3.52. The standard InChI is InChI=1S/C21H17ClN8O.H2S/c22-13-4-1-5-14(10-13)30-19(27-29-9-3-7-16(29)21(30)31)15-6-2-8-28(15)20-17-18(24-11-23-17)25-12-26-20;/h1,3-5,7,9-12,15H,2,6,8H2,(H,23,24,25,26);1H2/t15-;/m0./s1. The predicted octanol–water partition coefficient (Wildman–Crippen LogP) is 3.26. The maximum Gasteiger partial charge on any atom is 0.282 e. The Hall–Kier alpha value is -3.37. The molecule has 0 spiro atoms. The number of benzene rings is 1. The fraction of sp³-hybridized carbons (Fsp3) is 0.190. The number of aromatic amines is 1. The zero-order valence-corrected chi connectivity index (χ0v) is 18.6. The van der Waals surface area contributed by atoms with Crippen molar-refractivity contribution in [3.8, 4) is 5.69 Å². The molecule has 0 saturated carbocycles. The summed E-state index contributed by atoms with van der Waals surface area (Å²) < 4.78 is 3.30. The fourth-order valence-corrected chi connectivity index (χ4v) is 4.53. The Balaban J connectivity index is 0.00000216. The first-order chi connectivity index (χ1) is 15.2. The SMILES string of the molecule is O=c1c2cccn2nc([C@@H]2CCCN2c2ncnc3nc[nH]c23)n1-c1cccc(Cl)c1.S. The van der Waals surface area contributed by atoms with Gasteiger partial charge in [0.2, 0.25) is 0 Å². The van der Waals surface area contributed by atoms with Gasteiger partial charge in [-0.3, -0.25) is 9.36 Å². The summed E-state index contributed by atoms with van der Waals surface area (Å²) in [5, 5.41) is 5.41. The van der Waals surface area contributed by atoms with Gasteiger partial charge in [0.05, 0.1) is 18.1 Å². The number of halogens is 1. The Labute approximate surface area is 194 Å². The second kappa shape index (κ2) is 7.95. The van der Waals surface area contributed by atoms with E-state index in [1.165, 1.54) is 6.33 Å². The van der Waals surface area contributed by atoms with Crippen LogP contribution < -0.4 is 10.5 Å². The first-order valence-corrected chi connectivity index (χ1v) is 10.4. The summed E-state index contributed by atoms with van der Waals surface area (Å²) in [5.74, 6) is 1.39. The minimum atomic E-state index is -0.153. The molecular formula is C21H19ClN8OS. The van der Waals surface area contributed by atoms with Crippen LogP contribution in [0.3, 0.4) is 0 Å². The van der Waals surface area contributed by atoms with E-state index in [2.05, 4.69) is 24.8 Å². The zero-order chi connectivity index (χ0) is 20.9. The van der Waals surface area contributed by atoms with Crippen molar-refractivity contribution in [2.24, 2.45) is 0 Å². The number of anilines is 1. The maximum absolute atomic E-state index is 13.5. The molecule has 5 heterocycles. The number of nitrogens with zero attached hydrogens (tertiary/aromatic N) is 7. The molecule has 1 saturated heterocycles. The van der Waals surface area contributed by atoms with Crippen molar-refractivity contribution in [1.29, 1.82) is 0 Å². The largest absolute Gasteiger partial charge is 0.344 e. The zero-order valence-electron chi connectivity index (χ0n) is 16.8. The quantitative estimate of drug-likeness (QED) is 0.438. The van der Waals surface area contributed by atoms with Crippen LogP contribution >= 0.6 is 25.1 Å². The molecule has 4 aromatic heterocycles. The minimum absolute atomic E-state index is 0. The molecule has 0 amide bonds. The highest BCUT2D eigenvalue weighted by molar-refractivity contribution is 7.59. The topological polar surface area (TPSA) is 97.0 Å². The summed E-state index contributed by atoms with van der Waals surface area (Å²) in [5.41, 5.74) is 2.43. The van der Waals surface area contributed by atoms with E-state index in [-0.39, 0.29) is 25.1 Å². The van der Waals surface area contributed by atoms with E-state index in [0.717, 1.165) is 30.7 Å². The minimum Gasteiger partial charge on any atom is -0.344 e. The van der Waals surface area contributed by atoms with Crippen molar-refractivity contribution in [2.75, 3.05) is 11.4 Å². The fourth-order valence-electron chi connectivity index (χ4n) is 4.34. The molecule has 0 bridgehead atoms. The van der Waals surface area contributed by atoms with Gasteiger partial charge in [0.1, 0.15) is 17.4 Å². The Morgan fingerprint density at radius 2 is 2.03 bits per heavy atom. The number of H-pyrrole nitrogens is 1. The van der Waals surface area contributed by atoms with Crippen LogP contribution in [0.1, 0.15) is 24.7 Å². The molecule has 32 heavy (non-hydrogen) atoms. The molecule has 0 unspecified atom stereocenters. The van der Waals surface area contributed by atoms with Gasteiger partial charge in [-0.05, 0) is 43.2 Å². The van der Waals surface area contributed by atoms with Crippen molar-refractivity contribution in [1.82, 2.24) is 34.1 Å². The molecule has 1 fully saturated rings. The monoisotopic (exact) mass is 466 g/mol. The lowest BCUT2D eigenvalue weighted by Gasteiger charge is -2.27. The first kappa shape index (κ1) is 20.5. The molecular weight excluding hydrogens is 448 g/mol. The van der Waals surface area contributed by atoms with Crippen LogP contribution in [0.15, 0.2) is 60.0 Å². The molecule has 0 radical (unpaired) electrons. The summed E-state index contributed by atoms with van der Waals surface area (Å²) in [6.45, 7) is 0.783. The van der Waals surface area contributed by atoms with Crippen molar-refractivity contribution >= 4 is 47.6 Å². The summed E-state index contributed by atoms with van der Waals surface area (Å²) in [7, 11) is 0. The lowest BCUT2D eigenvalue weighted by molar-refractivity contribution is 0.602. The van der Waals surface area contributed by atoms with E-state index in [4.69, 9.17) is 16.7 Å². The number of fused-ring (bicyclic) bond motifs is 2. The summed E-state index contributed by atoms with van der Waals surface area (Å²) in [6, 6.07) is 10.7. The van der Waals surface area contributed by atoms with Crippen LogP contribution in [0, 0.1) is 0 Å². The van der Waals surface area contributed by atoms with E-state index in [1.54, 1.807) is 39.8 Å². The van der Waals surface area contributed by atoms with E-state index >= 15 is 0 Å². The number of rotatable bonds is 3. The van der Waals surface area contributed by atoms with Crippen molar-refractivity contribution < 1.29 is 0 Å². The Morgan fingerprint density at radius 3 is 2.91 bits per heavy atom. The van der Waals surface area contributed by atoms with Gasteiger partial charge in [-0.2, -0.15) is 18.6 Å². The molecule has 1 aromatic carbocycles. The van der Waals surface area contributed by atoms with Gasteiger partial charge in [-0.25, -0.2) is 19.5 Å². The molecule has 1 aliphatic heterocycles. The molecule has 6 rings (SSSR count). The molecule has 0 aliphatic carbocycles. The highest BCUT2D eigenvalue weighted by Crippen LogP contribution is 2.36. The number of hydrogen-bond donors (Lipinski definition) is 1. The number of nitrogens with one attached hydrogen (secondary N) is 1. The van der Waals surface area contributed by atoms with Gasteiger partial charge < -0.3 is 9.88 Å². The van der Waals surface area contributed by atoms with Gasteiger partial charge in [0, 0.05) is 17.8 Å². The highest BCUT2D eigenvalue weighted by Gasteiger charge is 2.33. The average molecular weight is 467 g/mol. The van der Waals surface area contributed by atoms with Crippen LogP contribution in [0.5, 0.6) is 0 Å². The lowest BCUT2D eigenvalue weighted by Crippen LogP contribution is -2.33. The van der Waals surface area contributed by atoms with Crippen LogP contribution in [-0.4, -0.2) is 40.7 Å². The third-order valence-electron chi connectivity index (χ3n) is 5.68. The molecule has 1 aliphatic rings. The predicted molar refractivity (Wildman–Crippen MR) is 127 cm³/mol. The van der Waals surface area contributed by atoms with Crippen molar-refractivity contribution in [3.05, 3.63) is 76.5 Å². The Kier molecular flexibility index (Phi) is 5.10. The maximum atomic E-state index is 13.5. The van der Waals surface area contributed by atoms with Crippen molar-refractivity contribution in [2.45, 2.75) is 18.9 Å². The van der Waals surface area contributed by atoms with E-state index in [1.807, 2.05) is 18.2 Å². The van der Waals surface area contributed by atoms with Crippen LogP contribution in [0.25, 0.3) is 22.4 Å². The third-order valence-corrected chi connectivity index (χ3v) is 5.92. The molecule has 1 atom stereocenters. The summed E-state index contributed by atoms with van der Waals surface area (Å²) in [6.07, 6.45) is 6.69. The number of imidazole rings is 1. The van der Waals surface area contributed by atoms with Gasteiger partial charge >= 0.3 is 0 Å². The molecule has 5 aromatic rings. The number of aromatic nitrogens is 7. The molecule has 11 heteroatoms. The van der Waals surface area contributed by atoms with E-state index < -0.39 is 0 Å². The second-order valence-corrected chi connectivity index (χ2v) is 7.90. The van der Waals surface area contributed by atoms with Gasteiger partial charge in [0.15, 0.2) is 17.3 Å². The summed E-state index contributed by atoms with van der Waals surface area (Å²) in [4.78, 5) is 31.8. The normalized spacial score (nSPS) is 16.0. The molecule has 9 nitrogen and oxygen atoms in total.